The molecule has 0 bridgehead atoms. The molecule has 1 aromatic carbocycles. The van der Waals surface area contributed by atoms with Crippen molar-refractivity contribution in [3.8, 4) is 5.75 Å². The van der Waals surface area contributed by atoms with Crippen LogP contribution in [0.2, 0.25) is 0 Å². The van der Waals surface area contributed by atoms with Crippen LogP contribution in [0.4, 0.5) is 0 Å². The van der Waals surface area contributed by atoms with E-state index in [1.54, 1.807) is 6.92 Å². The molecule has 1 heterocycles. The predicted octanol–water partition coefficient (Wildman–Crippen LogP) is -6.31. The summed E-state index contributed by atoms with van der Waals surface area (Å²) < 4.78 is 0. The zero-order valence-electron chi connectivity index (χ0n) is 51.8. The number of nitrogens with two attached hydrogens (primary N) is 9. The highest BCUT2D eigenvalue weighted by atomic mass is 16.4. The lowest BCUT2D eigenvalue weighted by Crippen LogP contribution is -2.60. The maximum Gasteiger partial charge on any atom is 0.326 e. The van der Waals surface area contributed by atoms with Gasteiger partial charge in [-0.15, -0.1) is 0 Å². The Hall–Kier alpha value is -8.63. The highest BCUT2D eigenvalue weighted by Gasteiger charge is 2.41. The second-order valence-corrected chi connectivity index (χ2v) is 22.1. The Morgan fingerprint density at radius 2 is 1.06 bits per heavy atom. The summed E-state index contributed by atoms with van der Waals surface area (Å²) in [5, 5.41) is 50.9. The number of guanidine groups is 3. The SMILES string of the molecule is CC[C@H](C)[C@H](NC(=O)[C@@H](N)CCCN=C(N)N)C(=O)N[C@@H](CCCCN)C(=O)N1CCC[C@H]1C(=O)N[C@@H](CCCN=C(N)N)C(=O)N[C@@H](CCCCN)C(=O)NCC(=O)N[C@@H](Cc1ccc(O)cc1)C(=O)N[C@H](C(=O)N[C@@H](CCCN=C(N)N)C(=O)O)[C@@H](C)O. The van der Waals surface area contributed by atoms with Crippen LogP contribution in [0.25, 0.3) is 0 Å². The van der Waals surface area contributed by atoms with Crippen LogP contribution in [0.5, 0.6) is 5.75 Å². The highest BCUT2D eigenvalue weighted by molar-refractivity contribution is 5.98. The van der Waals surface area contributed by atoms with Crippen LogP contribution < -0.4 is 94.1 Å². The molecule has 34 nitrogen and oxygen atoms in total. The fourth-order valence-electron chi connectivity index (χ4n) is 9.50. The molecule has 0 aliphatic carbocycles. The summed E-state index contributed by atoms with van der Waals surface area (Å²) in [4.78, 5) is 151. The van der Waals surface area contributed by atoms with Crippen LogP contribution in [-0.4, -0.2) is 204 Å². The Kier molecular flexibility index (Phi) is 35.8. The minimum absolute atomic E-state index is 0.00398. The van der Waals surface area contributed by atoms with Crippen molar-refractivity contribution in [1.29, 1.82) is 0 Å². The third-order valence-electron chi connectivity index (χ3n) is 14.7. The number of carboxylic acid groups (broad SMARTS) is 1. The summed E-state index contributed by atoms with van der Waals surface area (Å²) in [5.74, 6) is -9.74. The Balaban J connectivity index is 2.39. The Bertz CT molecular complexity index is 2580. The molecule has 9 amide bonds. The van der Waals surface area contributed by atoms with Gasteiger partial charge in [-0.25, -0.2) is 4.79 Å². The lowest BCUT2D eigenvalue weighted by molar-refractivity contribution is -0.143. The summed E-state index contributed by atoms with van der Waals surface area (Å²) >= 11 is 0. The Labute approximate surface area is 524 Å². The van der Waals surface area contributed by atoms with Gasteiger partial charge in [0.1, 0.15) is 54.1 Å². The maximum absolute atomic E-state index is 14.6. The lowest BCUT2D eigenvalue weighted by atomic mass is 9.96. The molecule has 11 atom stereocenters. The lowest BCUT2D eigenvalue weighted by Gasteiger charge is -2.32. The first-order chi connectivity index (χ1) is 42.6. The van der Waals surface area contributed by atoms with Crippen molar-refractivity contribution in [2.24, 2.45) is 72.5 Å². The molecule has 506 valence electrons. The molecule has 0 spiro atoms. The van der Waals surface area contributed by atoms with Crippen molar-refractivity contribution in [2.75, 3.05) is 45.8 Å². The number of aromatic hydroxyl groups is 1. The zero-order valence-corrected chi connectivity index (χ0v) is 51.8. The topological polar surface area (TPSA) is 602 Å². The normalized spacial score (nSPS) is 16.0. The first kappa shape index (κ1) is 77.5. The highest BCUT2D eigenvalue weighted by Crippen LogP contribution is 2.22. The second-order valence-electron chi connectivity index (χ2n) is 22.1. The molecule has 90 heavy (non-hydrogen) atoms. The van der Waals surface area contributed by atoms with Gasteiger partial charge in [-0.3, -0.25) is 58.1 Å². The van der Waals surface area contributed by atoms with Crippen molar-refractivity contribution in [1.82, 2.24) is 47.4 Å². The van der Waals surface area contributed by atoms with Crippen LogP contribution >= 0.6 is 0 Å². The number of likely N-dealkylation sites (tertiary alicyclic amines) is 1. The van der Waals surface area contributed by atoms with E-state index in [-0.39, 0.29) is 114 Å². The summed E-state index contributed by atoms with van der Waals surface area (Å²) in [5.41, 5.74) is 50.7. The molecule has 29 N–H and O–H groups in total. The van der Waals surface area contributed by atoms with Crippen LogP contribution in [0, 0.1) is 5.92 Å². The molecule has 1 saturated heterocycles. The van der Waals surface area contributed by atoms with Crippen molar-refractivity contribution < 1.29 is 63.3 Å². The average Bonchev–Trinajstić information content (AvgIpc) is 1.75. The van der Waals surface area contributed by atoms with Gasteiger partial charge in [-0.2, -0.15) is 0 Å². The third kappa shape index (κ3) is 29.1. The van der Waals surface area contributed by atoms with Gasteiger partial charge < -0.3 is 114 Å². The van der Waals surface area contributed by atoms with Gasteiger partial charge in [0.15, 0.2) is 17.9 Å². The Morgan fingerprint density at radius 3 is 1.59 bits per heavy atom. The number of benzene rings is 1. The number of phenols is 1. The van der Waals surface area contributed by atoms with Gasteiger partial charge in [0.25, 0.3) is 0 Å². The molecule has 0 radical (unpaired) electrons. The van der Waals surface area contributed by atoms with Gasteiger partial charge in [-0.1, -0.05) is 32.4 Å². The number of aliphatic carboxylic acids is 1. The molecule has 2 rings (SSSR count). The smallest absolute Gasteiger partial charge is 0.326 e. The van der Waals surface area contributed by atoms with Gasteiger partial charge >= 0.3 is 5.97 Å². The number of carbonyl (C=O) groups excluding carboxylic acids is 9. The molecule has 0 aromatic heterocycles. The number of amides is 9. The van der Waals surface area contributed by atoms with E-state index in [0.29, 0.717) is 57.1 Å². The van der Waals surface area contributed by atoms with E-state index in [4.69, 9.17) is 51.6 Å². The van der Waals surface area contributed by atoms with E-state index in [2.05, 4.69) is 57.5 Å². The fourth-order valence-corrected chi connectivity index (χ4v) is 9.50. The number of aliphatic hydroxyl groups excluding tert-OH is 1. The number of carboxylic acids is 1. The monoisotopic (exact) mass is 1270 g/mol. The van der Waals surface area contributed by atoms with Crippen LogP contribution in [0.3, 0.4) is 0 Å². The van der Waals surface area contributed by atoms with Crippen molar-refractivity contribution >= 4 is 77.0 Å². The minimum atomic E-state index is -1.74. The molecular weight excluding hydrogens is 1170 g/mol. The number of hydrogen-bond donors (Lipinski definition) is 20. The summed E-state index contributed by atoms with van der Waals surface area (Å²) in [6, 6.07) is -6.24. The van der Waals surface area contributed by atoms with Crippen LogP contribution in [0.1, 0.15) is 123 Å². The second kappa shape index (κ2) is 41.6. The largest absolute Gasteiger partial charge is 0.508 e. The van der Waals surface area contributed by atoms with Gasteiger partial charge in [-0.05, 0) is 134 Å². The number of carbonyl (C=O) groups is 10. The minimum Gasteiger partial charge on any atom is -0.508 e. The number of nitrogens with zero attached hydrogens (tertiary/aromatic N) is 4. The fraction of sp³-hybridized carbons (Fsp3) is 0.661. The predicted molar refractivity (Wildman–Crippen MR) is 335 cm³/mol. The number of aliphatic imine (C=N–C) groups is 3. The molecule has 0 unspecified atom stereocenters. The van der Waals surface area contributed by atoms with E-state index < -0.39 is 132 Å². The number of unbranched alkanes of at least 4 members (excludes halogenated alkanes) is 2. The molecule has 1 aliphatic rings. The van der Waals surface area contributed by atoms with E-state index in [9.17, 15) is 63.3 Å². The first-order valence-corrected chi connectivity index (χ1v) is 30.3. The zero-order chi connectivity index (χ0) is 67.5. The van der Waals surface area contributed by atoms with Crippen molar-refractivity contribution in [2.45, 2.75) is 184 Å². The van der Waals surface area contributed by atoms with Crippen LogP contribution in [-0.2, 0) is 54.4 Å². The molecule has 1 aromatic rings. The number of rotatable bonds is 43. The summed E-state index contributed by atoms with van der Waals surface area (Å²) in [6.07, 6.45) is 1.63. The maximum atomic E-state index is 14.6. The van der Waals surface area contributed by atoms with Gasteiger partial charge in [0.2, 0.25) is 53.2 Å². The third-order valence-corrected chi connectivity index (χ3v) is 14.7. The summed E-state index contributed by atoms with van der Waals surface area (Å²) in [7, 11) is 0. The number of phenolic OH excluding ortho intramolecular Hbond substituents is 1. The van der Waals surface area contributed by atoms with Gasteiger partial charge in [0.05, 0.1) is 18.7 Å². The Morgan fingerprint density at radius 1 is 0.578 bits per heavy atom. The molecule has 34 heteroatoms. The van der Waals surface area contributed by atoms with E-state index in [0.717, 1.165) is 0 Å². The average molecular weight is 1270 g/mol. The van der Waals surface area contributed by atoms with Crippen molar-refractivity contribution in [3.63, 3.8) is 0 Å². The van der Waals surface area contributed by atoms with Crippen molar-refractivity contribution in [3.05, 3.63) is 29.8 Å². The molecule has 1 aliphatic heterocycles. The van der Waals surface area contributed by atoms with Crippen LogP contribution in [0.15, 0.2) is 39.2 Å². The number of hydrogen-bond acceptors (Lipinski definition) is 18. The molecule has 1 fully saturated rings. The quantitative estimate of drug-likeness (QED) is 0.0164. The van der Waals surface area contributed by atoms with E-state index in [1.165, 1.54) is 36.1 Å². The van der Waals surface area contributed by atoms with E-state index in [1.807, 2.05) is 6.92 Å². The first-order valence-electron chi connectivity index (χ1n) is 30.3. The van der Waals surface area contributed by atoms with E-state index >= 15 is 0 Å². The standard InChI is InChI=1S/C56H99N21O13/c1-4-31(2)43(75-45(81)35(59)13-9-25-66-54(60)61)50(86)73-38(15-6-8-24-58)52(88)77-28-12-18-41(77)49(85)72-37(16-10-26-67-55(62)63)47(83)71-36(14-5-7-23-57)46(82)69-30-42(80)70-40(29-33-19-21-34(79)22-20-33)48(84)76-44(32(3)78)51(87)74-39(53(89)90)17-11-27-68-56(64)65/h19-22,31-32,35-41,43-44,78-79H,4-18,23-30,57-59H2,1-3H3,(H,69,82)(H,70,80)(H,71,83)(H,72,85)(H,73,86)(H,74,87)(H,75,81)(H,76,84)(H,89,90)(H4,60,61,66)(H4,62,63,67)(H4,64,65,68)/t31-,32+,35-,36-,37-,38-,39-,40-,41-,43-,44-/m0/s1. The van der Waals surface area contributed by atoms with Gasteiger partial charge in [0, 0.05) is 32.6 Å². The number of nitrogens with one attached hydrogen (secondary N) is 8. The molecule has 0 saturated carbocycles. The molecular formula is C56H99N21O13. The summed E-state index contributed by atoms with van der Waals surface area (Å²) in [6.45, 7) is 4.94. The number of aliphatic hydroxyl groups is 1.